The van der Waals surface area contributed by atoms with E-state index in [4.69, 9.17) is 0 Å². The van der Waals surface area contributed by atoms with E-state index in [0.29, 0.717) is 5.69 Å². The fourth-order valence-corrected chi connectivity index (χ4v) is 1.21. The van der Waals surface area contributed by atoms with Crippen molar-refractivity contribution in [2.24, 2.45) is 0 Å². The van der Waals surface area contributed by atoms with Crippen molar-refractivity contribution in [3.05, 3.63) is 11.9 Å². The van der Waals surface area contributed by atoms with Crippen LogP contribution in [0.25, 0.3) is 0 Å². The minimum Gasteiger partial charge on any atom is -0.320 e. The molecule has 1 aliphatic heterocycles. The Labute approximate surface area is 77.3 Å². The highest BCUT2D eigenvalue weighted by Crippen LogP contribution is 1.94. The lowest BCUT2D eigenvalue weighted by molar-refractivity contribution is 0.0922. The van der Waals surface area contributed by atoms with E-state index < -0.39 is 0 Å². The lowest BCUT2D eigenvalue weighted by atomic mass is 10.4. The van der Waals surface area contributed by atoms with E-state index in [2.05, 4.69) is 36.0 Å². The van der Waals surface area contributed by atoms with E-state index in [-0.39, 0.29) is 12.2 Å². The molecule has 1 fully saturated rings. The molecule has 0 bridgehead atoms. The van der Waals surface area contributed by atoms with Crippen molar-refractivity contribution in [1.29, 1.82) is 0 Å². The topological polar surface area (TPSA) is 103 Å². The number of carbonyl (C=O) groups is 1. The number of nitrogens with one attached hydrogen (secondary N) is 5. The summed E-state index contributed by atoms with van der Waals surface area (Å²) in [5.74, 6) is -0.288. The quantitative estimate of drug-likeness (QED) is 0.365. The lowest BCUT2D eigenvalue weighted by Crippen LogP contribution is -2.49. The summed E-state index contributed by atoms with van der Waals surface area (Å²) in [6.45, 7) is 0. The molecule has 0 saturated carbocycles. The highest BCUT2D eigenvalue weighted by Gasteiger charge is 2.17. The van der Waals surface area contributed by atoms with Crippen molar-refractivity contribution in [2.45, 2.75) is 6.29 Å². The predicted octanol–water partition coefficient (Wildman–Crippen LogP) is -2.33. The molecule has 8 nitrogen and oxygen atoms in total. The molecule has 1 aromatic heterocycles. The van der Waals surface area contributed by atoms with Gasteiger partial charge in [-0.1, -0.05) is 0 Å². The number of carbonyl (C=O) groups excluding carboxylic acids is 1. The largest absolute Gasteiger partial charge is 0.320 e. The maximum atomic E-state index is 11.3. The van der Waals surface area contributed by atoms with Crippen LogP contribution in [0.15, 0.2) is 6.20 Å². The van der Waals surface area contributed by atoms with Gasteiger partial charge in [-0.2, -0.15) is 19.8 Å². The Hall–Kier alpha value is -1.13. The van der Waals surface area contributed by atoms with Gasteiger partial charge >= 0.3 is 0 Å². The predicted molar refractivity (Wildman–Crippen MR) is 43.7 cm³/mol. The summed E-state index contributed by atoms with van der Waals surface area (Å²) < 4.78 is 7.50. The van der Waals surface area contributed by atoms with Gasteiger partial charge in [0.25, 0.3) is 5.91 Å². The molecule has 0 aliphatic carbocycles. The third-order valence-corrected chi connectivity index (χ3v) is 1.84. The summed E-state index contributed by atoms with van der Waals surface area (Å²) in [6, 6.07) is 0. The van der Waals surface area contributed by atoms with Gasteiger partial charge in [0.2, 0.25) is 0 Å². The third-order valence-electron chi connectivity index (χ3n) is 1.36. The van der Waals surface area contributed by atoms with E-state index in [9.17, 15) is 4.79 Å². The fourth-order valence-electron chi connectivity index (χ4n) is 0.794. The standard InChI is InChI=1S/C4H7N7OS/c12-3(2-1-5-13-9-2)6-4-7-10-11-8-4/h1,4,7-8,10-11H,(H,6,12). The van der Waals surface area contributed by atoms with E-state index in [1.807, 2.05) is 0 Å². The van der Waals surface area contributed by atoms with Crippen LogP contribution in [0.3, 0.4) is 0 Å². The molecule has 0 atom stereocenters. The van der Waals surface area contributed by atoms with Crippen LogP contribution in [0.5, 0.6) is 0 Å². The van der Waals surface area contributed by atoms with Crippen LogP contribution < -0.4 is 27.2 Å². The van der Waals surface area contributed by atoms with Crippen LogP contribution in [0.4, 0.5) is 0 Å². The zero-order chi connectivity index (χ0) is 9.10. The van der Waals surface area contributed by atoms with E-state index in [1.54, 1.807) is 0 Å². The van der Waals surface area contributed by atoms with Crippen LogP contribution >= 0.6 is 11.7 Å². The molecule has 0 unspecified atom stereocenters. The van der Waals surface area contributed by atoms with Crippen LogP contribution in [0.1, 0.15) is 10.5 Å². The first-order valence-corrected chi connectivity index (χ1v) is 4.19. The van der Waals surface area contributed by atoms with Crippen molar-refractivity contribution in [1.82, 2.24) is 36.0 Å². The number of nitrogens with zero attached hydrogens (tertiary/aromatic N) is 2. The minimum atomic E-state index is -0.366. The molecule has 5 N–H and O–H groups in total. The Kier molecular flexibility index (Phi) is 2.42. The first kappa shape index (κ1) is 8.47. The molecule has 1 aliphatic rings. The van der Waals surface area contributed by atoms with Crippen molar-refractivity contribution in [3.63, 3.8) is 0 Å². The Morgan fingerprint density at radius 3 is 2.92 bits per heavy atom. The van der Waals surface area contributed by atoms with Gasteiger partial charge in [-0.05, 0) is 0 Å². The van der Waals surface area contributed by atoms with Crippen molar-refractivity contribution >= 4 is 17.6 Å². The molecule has 1 saturated heterocycles. The maximum Gasteiger partial charge on any atom is 0.274 e. The van der Waals surface area contributed by atoms with E-state index >= 15 is 0 Å². The van der Waals surface area contributed by atoms with Gasteiger partial charge in [0.15, 0.2) is 12.0 Å². The van der Waals surface area contributed by atoms with Crippen molar-refractivity contribution in [3.8, 4) is 0 Å². The van der Waals surface area contributed by atoms with E-state index in [0.717, 1.165) is 11.7 Å². The van der Waals surface area contributed by atoms with E-state index in [1.165, 1.54) is 6.20 Å². The molecule has 70 valence electrons. The highest BCUT2D eigenvalue weighted by molar-refractivity contribution is 6.99. The van der Waals surface area contributed by atoms with Crippen molar-refractivity contribution < 1.29 is 4.79 Å². The smallest absolute Gasteiger partial charge is 0.274 e. The van der Waals surface area contributed by atoms with Crippen LogP contribution in [-0.4, -0.2) is 20.9 Å². The maximum absolute atomic E-state index is 11.3. The zero-order valence-electron chi connectivity index (χ0n) is 6.37. The molecule has 13 heavy (non-hydrogen) atoms. The highest BCUT2D eigenvalue weighted by atomic mass is 32.1. The number of rotatable bonds is 2. The minimum absolute atomic E-state index is 0.288. The molecule has 2 heterocycles. The first-order chi connectivity index (χ1) is 6.36. The summed E-state index contributed by atoms with van der Waals surface area (Å²) in [5.41, 5.74) is 10.8. The Bertz CT molecular complexity index is 281. The second-order valence-electron chi connectivity index (χ2n) is 2.24. The number of hydrazine groups is 3. The summed E-state index contributed by atoms with van der Waals surface area (Å²) in [5, 5.41) is 2.60. The van der Waals surface area contributed by atoms with Gasteiger partial charge in [0, 0.05) is 0 Å². The summed E-state index contributed by atoms with van der Waals surface area (Å²) in [6.07, 6.45) is 1.05. The molecule has 9 heteroatoms. The van der Waals surface area contributed by atoms with Gasteiger partial charge in [-0.15, -0.1) is 0 Å². The molecule has 1 aromatic rings. The van der Waals surface area contributed by atoms with Gasteiger partial charge in [-0.3, -0.25) is 4.79 Å². The fraction of sp³-hybridized carbons (Fsp3) is 0.250. The van der Waals surface area contributed by atoms with Crippen LogP contribution in [-0.2, 0) is 0 Å². The molecule has 0 radical (unpaired) electrons. The Balaban J connectivity index is 1.91. The normalized spacial score (nSPS) is 17.5. The average Bonchev–Trinajstić information content (AvgIpc) is 2.74. The lowest BCUT2D eigenvalue weighted by Gasteiger charge is -2.08. The second-order valence-corrected chi connectivity index (χ2v) is 2.79. The number of amides is 1. The average molecular weight is 201 g/mol. The summed E-state index contributed by atoms with van der Waals surface area (Å²) in [4.78, 5) is 11.3. The number of aromatic nitrogens is 2. The van der Waals surface area contributed by atoms with Gasteiger partial charge in [0.1, 0.15) is 0 Å². The van der Waals surface area contributed by atoms with Gasteiger partial charge < -0.3 is 5.32 Å². The summed E-state index contributed by atoms with van der Waals surface area (Å²) in [7, 11) is 0. The molecule has 0 aromatic carbocycles. The zero-order valence-corrected chi connectivity index (χ0v) is 7.18. The first-order valence-electron chi connectivity index (χ1n) is 3.46. The Morgan fingerprint density at radius 2 is 2.31 bits per heavy atom. The molecule has 1 amide bonds. The second kappa shape index (κ2) is 3.72. The monoisotopic (exact) mass is 201 g/mol. The Morgan fingerprint density at radius 1 is 1.54 bits per heavy atom. The molecule has 2 rings (SSSR count). The van der Waals surface area contributed by atoms with Gasteiger partial charge in [-0.25, -0.2) is 10.9 Å². The molecular formula is C4H7N7OS. The third kappa shape index (κ3) is 1.96. The van der Waals surface area contributed by atoms with Crippen molar-refractivity contribution in [2.75, 3.05) is 0 Å². The number of hydrogen-bond donors (Lipinski definition) is 5. The molecule has 0 spiro atoms. The number of hydrogen-bond acceptors (Lipinski definition) is 8. The van der Waals surface area contributed by atoms with Crippen LogP contribution in [0.2, 0.25) is 0 Å². The SMILES string of the molecule is O=C(NC1NNNN1)c1cnsn1. The summed E-state index contributed by atoms with van der Waals surface area (Å²) >= 11 is 0.993. The van der Waals surface area contributed by atoms with Gasteiger partial charge in [0.05, 0.1) is 17.9 Å². The van der Waals surface area contributed by atoms with Crippen LogP contribution in [0, 0.1) is 0 Å². The molecular weight excluding hydrogens is 194 g/mol.